The highest BCUT2D eigenvalue weighted by atomic mass is 16.5. The van der Waals surface area contributed by atoms with E-state index in [2.05, 4.69) is 26.1 Å². The van der Waals surface area contributed by atoms with Gasteiger partial charge in [-0.25, -0.2) is 19.9 Å². The lowest BCUT2D eigenvalue weighted by atomic mass is 10.3. The predicted octanol–water partition coefficient (Wildman–Crippen LogP) is 0.325. The first-order valence-corrected chi connectivity index (χ1v) is 4.16. The maximum absolute atomic E-state index is 5.46. The molecule has 15 heavy (non-hydrogen) atoms. The molecule has 2 rings (SSSR count). The quantitative estimate of drug-likeness (QED) is 0.754. The van der Waals surface area contributed by atoms with Gasteiger partial charge < -0.3 is 10.5 Å². The van der Waals surface area contributed by atoms with Gasteiger partial charge in [-0.2, -0.15) is 0 Å². The summed E-state index contributed by atoms with van der Waals surface area (Å²) in [7, 11) is 1.53. The molecule has 0 atom stereocenters. The van der Waals surface area contributed by atoms with Crippen molar-refractivity contribution in [3.05, 3.63) is 24.8 Å². The molecule has 2 aromatic rings. The third-order valence-electron chi connectivity index (χ3n) is 1.72. The summed E-state index contributed by atoms with van der Waals surface area (Å²) in [5.74, 6) is 0.693. The molecule has 0 aliphatic rings. The van der Waals surface area contributed by atoms with E-state index < -0.39 is 0 Å². The molecule has 0 saturated heterocycles. The number of hydrogen-bond acceptors (Lipinski definition) is 6. The van der Waals surface area contributed by atoms with Crippen molar-refractivity contribution in [2.24, 2.45) is 0 Å². The summed E-state index contributed by atoms with van der Waals surface area (Å²) >= 11 is 0. The van der Waals surface area contributed by atoms with Gasteiger partial charge in [-0.3, -0.25) is 0 Å². The van der Waals surface area contributed by atoms with Gasteiger partial charge in [0.1, 0.15) is 18.2 Å². The fourth-order valence-electron chi connectivity index (χ4n) is 1.06. The molecule has 6 nitrogen and oxygen atoms in total. The second kappa shape index (κ2) is 3.87. The van der Waals surface area contributed by atoms with Gasteiger partial charge in [0, 0.05) is 6.07 Å². The summed E-state index contributed by atoms with van der Waals surface area (Å²) in [5, 5.41) is 0. The van der Waals surface area contributed by atoms with Crippen LogP contribution in [0.15, 0.2) is 18.6 Å². The van der Waals surface area contributed by atoms with Crippen molar-refractivity contribution in [1.29, 1.82) is 0 Å². The number of methoxy groups -OCH3 is 1. The first-order valence-electron chi connectivity index (χ1n) is 4.16. The maximum atomic E-state index is 5.46. The second-order valence-corrected chi connectivity index (χ2v) is 2.70. The van der Waals surface area contributed by atoms with Gasteiger partial charge in [0.25, 0.3) is 0 Å². The number of nitrogens with two attached hydrogens (primary N) is 1. The highest BCUT2D eigenvalue weighted by Gasteiger charge is 2.04. The Morgan fingerprint density at radius 3 is 2.93 bits per heavy atom. The minimum Gasteiger partial charge on any atom is -0.481 e. The van der Waals surface area contributed by atoms with Crippen molar-refractivity contribution in [2.75, 3.05) is 12.8 Å². The van der Waals surface area contributed by atoms with E-state index in [0.717, 1.165) is 0 Å². The number of anilines is 1. The summed E-state index contributed by atoms with van der Waals surface area (Å²) in [6.07, 6.45) is 5.43. The number of rotatable bonds is 2. The Morgan fingerprint density at radius 2 is 2.20 bits per heavy atom. The molecule has 0 aromatic carbocycles. The molecule has 0 aliphatic carbocycles. The Hall–Kier alpha value is -2.24. The first kappa shape index (κ1) is 9.32. The van der Waals surface area contributed by atoms with Crippen molar-refractivity contribution in [1.82, 2.24) is 19.9 Å². The van der Waals surface area contributed by atoms with Crippen LogP contribution in [0.25, 0.3) is 11.4 Å². The summed E-state index contributed by atoms with van der Waals surface area (Å²) in [6.45, 7) is 0. The molecule has 0 saturated carbocycles. The van der Waals surface area contributed by atoms with Crippen molar-refractivity contribution in [2.45, 2.75) is 0 Å². The van der Waals surface area contributed by atoms with Gasteiger partial charge in [0.2, 0.25) is 5.88 Å². The monoisotopic (exact) mass is 202 g/mol. The van der Waals surface area contributed by atoms with Gasteiger partial charge in [-0.15, -0.1) is 0 Å². The van der Waals surface area contributed by atoms with Crippen LogP contribution in [0.5, 0.6) is 5.88 Å². The van der Waals surface area contributed by atoms with E-state index in [0.29, 0.717) is 17.3 Å². The van der Waals surface area contributed by atoms with Crippen molar-refractivity contribution in [3.63, 3.8) is 0 Å². The number of hydrogen-bond donors (Lipinski definition) is 1. The van der Waals surface area contributed by atoms with Crippen LogP contribution in [0, 0.1) is 6.20 Å². The highest BCUT2D eigenvalue weighted by Crippen LogP contribution is 2.16. The van der Waals surface area contributed by atoms with E-state index in [1.807, 2.05) is 0 Å². The third kappa shape index (κ3) is 1.98. The van der Waals surface area contributed by atoms with E-state index in [-0.39, 0.29) is 5.82 Å². The molecule has 0 fully saturated rings. The standard InChI is InChI=1S/C9H8N5O/c1-15-9-2-6(12-5-13-9)7-3-11-4-8(10)14-7/h2-3,5H,1H3,(H2,10,14). The molecular weight excluding hydrogens is 194 g/mol. The zero-order chi connectivity index (χ0) is 10.7. The fourth-order valence-corrected chi connectivity index (χ4v) is 1.06. The van der Waals surface area contributed by atoms with E-state index >= 15 is 0 Å². The van der Waals surface area contributed by atoms with Crippen molar-refractivity contribution < 1.29 is 4.74 Å². The van der Waals surface area contributed by atoms with Crippen molar-refractivity contribution >= 4 is 5.82 Å². The van der Waals surface area contributed by atoms with Gasteiger partial charge in [0.15, 0.2) is 5.82 Å². The molecule has 75 valence electrons. The SMILES string of the molecule is COc1cc(-c2cn[c]c(N)n2)ncn1. The van der Waals surface area contributed by atoms with Crippen LogP contribution in [0.1, 0.15) is 0 Å². The maximum Gasteiger partial charge on any atom is 0.216 e. The zero-order valence-corrected chi connectivity index (χ0v) is 8.01. The van der Waals surface area contributed by atoms with E-state index in [1.54, 1.807) is 6.07 Å². The van der Waals surface area contributed by atoms with Crippen LogP contribution in [-0.2, 0) is 0 Å². The van der Waals surface area contributed by atoms with Crippen LogP contribution in [0.4, 0.5) is 5.82 Å². The van der Waals surface area contributed by atoms with Gasteiger partial charge >= 0.3 is 0 Å². The van der Waals surface area contributed by atoms with Gasteiger partial charge in [-0.05, 0) is 0 Å². The van der Waals surface area contributed by atoms with Gasteiger partial charge in [0.05, 0.1) is 19.0 Å². The van der Waals surface area contributed by atoms with Gasteiger partial charge in [-0.1, -0.05) is 0 Å². The lowest BCUT2D eigenvalue weighted by Crippen LogP contribution is -1.96. The third-order valence-corrected chi connectivity index (χ3v) is 1.72. The molecule has 2 heterocycles. The Labute approximate surface area is 86.2 Å². The van der Waals surface area contributed by atoms with E-state index in [4.69, 9.17) is 10.5 Å². The number of aromatic nitrogens is 4. The van der Waals surface area contributed by atoms with Crippen LogP contribution in [-0.4, -0.2) is 27.0 Å². The first-order chi connectivity index (χ1) is 7.29. The molecule has 2 aromatic heterocycles. The Bertz CT molecular complexity index is 474. The minimum absolute atomic E-state index is 0.227. The Morgan fingerprint density at radius 1 is 1.33 bits per heavy atom. The van der Waals surface area contributed by atoms with Crippen LogP contribution in [0.2, 0.25) is 0 Å². The molecule has 6 heteroatoms. The molecule has 1 radical (unpaired) electrons. The smallest absolute Gasteiger partial charge is 0.216 e. The molecular formula is C9H8N5O. The summed E-state index contributed by atoms with van der Waals surface area (Å²) in [5.41, 5.74) is 6.63. The molecule has 0 amide bonds. The average Bonchev–Trinajstić information content (AvgIpc) is 2.29. The molecule has 0 aliphatic heterocycles. The highest BCUT2D eigenvalue weighted by molar-refractivity contribution is 5.55. The summed E-state index contributed by atoms with van der Waals surface area (Å²) < 4.78 is 4.97. The largest absolute Gasteiger partial charge is 0.481 e. The van der Waals surface area contributed by atoms with Crippen LogP contribution >= 0.6 is 0 Å². The molecule has 2 N–H and O–H groups in total. The van der Waals surface area contributed by atoms with Crippen molar-refractivity contribution in [3.8, 4) is 17.3 Å². The van der Waals surface area contributed by atoms with E-state index in [9.17, 15) is 0 Å². The van der Waals surface area contributed by atoms with E-state index in [1.165, 1.54) is 19.6 Å². The summed E-state index contributed by atoms with van der Waals surface area (Å²) in [6, 6.07) is 1.66. The molecule has 0 unspecified atom stereocenters. The fraction of sp³-hybridized carbons (Fsp3) is 0.111. The number of nitrogen functional groups attached to an aromatic ring is 1. The lowest BCUT2D eigenvalue weighted by molar-refractivity contribution is 0.397. The van der Waals surface area contributed by atoms with Crippen LogP contribution < -0.4 is 10.5 Å². The number of nitrogens with zero attached hydrogens (tertiary/aromatic N) is 4. The zero-order valence-electron chi connectivity index (χ0n) is 8.01. The predicted molar refractivity (Wildman–Crippen MR) is 52.9 cm³/mol. The normalized spacial score (nSPS) is 9.93. The summed E-state index contributed by atoms with van der Waals surface area (Å²) in [4.78, 5) is 15.8. The average molecular weight is 202 g/mol. The topological polar surface area (TPSA) is 86.8 Å². The lowest BCUT2D eigenvalue weighted by Gasteiger charge is -2.01. The molecule has 0 bridgehead atoms. The van der Waals surface area contributed by atoms with Crippen LogP contribution in [0.3, 0.4) is 0 Å². The Balaban J connectivity index is 2.44. The number of ether oxygens (including phenoxy) is 1. The molecule has 0 spiro atoms. The second-order valence-electron chi connectivity index (χ2n) is 2.70. The minimum atomic E-state index is 0.227. The Kier molecular flexibility index (Phi) is 2.40.